The highest BCUT2D eigenvalue weighted by molar-refractivity contribution is 5.88. The van der Waals surface area contributed by atoms with E-state index in [1.54, 1.807) is 0 Å². The van der Waals surface area contributed by atoms with Gasteiger partial charge in [0.2, 0.25) is 0 Å². The number of benzene rings is 1. The molecule has 6 heteroatoms. The lowest BCUT2D eigenvalue weighted by atomic mass is 10.0. The maximum Gasteiger partial charge on any atom is 0.416 e. The molecule has 2 nitrogen and oxygen atoms in total. The molecule has 0 aliphatic carbocycles. The molecule has 15 heavy (non-hydrogen) atoms. The molecule has 0 saturated heterocycles. The molecule has 0 radical (unpaired) electrons. The van der Waals surface area contributed by atoms with Gasteiger partial charge in [0.25, 0.3) is 0 Å². The monoisotopic (exact) mass is 222 g/mol. The highest BCUT2D eigenvalue weighted by Gasteiger charge is 2.34. The number of aromatic carboxylic acids is 1. The summed E-state index contributed by atoms with van der Waals surface area (Å²) in [6.45, 7) is 0.893. The largest absolute Gasteiger partial charge is 0.478 e. The molecule has 0 fully saturated rings. The van der Waals surface area contributed by atoms with Crippen LogP contribution in [-0.4, -0.2) is 11.1 Å². The van der Waals surface area contributed by atoms with Gasteiger partial charge in [0.1, 0.15) is 5.82 Å². The number of carboxylic acids is 1. The smallest absolute Gasteiger partial charge is 0.416 e. The van der Waals surface area contributed by atoms with E-state index in [9.17, 15) is 22.4 Å². The Labute approximate surface area is 82.1 Å². The summed E-state index contributed by atoms with van der Waals surface area (Å²) in [6, 6.07) is 1.16. The Morgan fingerprint density at radius 3 is 2.27 bits per heavy atom. The van der Waals surface area contributed by atoms with Crippen LogP contribution in [0.25, 0.3) is 0 Å². The molecule has 1 rings (SSSR count). The van der Waals surface area contributed by atoms with Crippen molar-refractivity contribution in [1.29, 1.82) is 0 Å². The number of carbonyl (C=O) groups is 1. The van der Waals surface area contributed by atoms with Crippen molar-refractivity contribution in [2.75, 3.05) is 0 Å². The van der Waals surface area contributed by atoms with Crippen molar-refractivity contribution in [1.82, 2.24) is 0 Å². The van der Waals surface area contributed by atoms with Gasteiger partial charge in [-0.25, -0.2) is 9.18 Å². The lowest BCUT2D eigenvalue weighted by Crippen LogP contribution is -2.11. The molecule has 0 unspecified atom stereocenters. The number of carboxylic acid groups (broad SMARTS) is 1. The predicted octanol–water partition coefficient (Wildman–Crippen LogP) is 2.85. The second-order valence-electron chi connectivity index (χ2n) is 2.90. The van der Waals surface area contributed by atoms with Crippen molar-refractivity contribution in [2.45, 2.75) is 13.1 Å². The van der Waals surface area contributed by atoms with Crippen molar-refractivity contribution >= 4 is 5.97 Å². The fourth-order valence-corrected chi connectivity index (χ4v) is 1.16. The van der Waals surface area contributed by atoms with Crippen LogP contribution in [0.2, 0.25) is 0 Å². The van der Waals surface area contributed by atoms with E-state index in [4.69, 9.17) is 5.11 Å². The van der Waals surface area contributed by atoms with E-state index in [1.165, 1.54) is 0 Å². The molecule has 0 aromatic heterocycles. The van der Waals surface area contributed by atoms with Crippen LogP contribution >= 0.6 is 0 Å². The van der Waals surface area contributed by atoms with Crippen molar-refractivity contribution < 1.29 is 27.5 Å². The minimum absolute atomic E-state index is 0.557. The van der Waals surface area contributed by atoms with Crippen molar-refractivity contribution in [3.63, 3.8) is 0 Å². The first kappa shape index (κ1) is 11.5. The first-order valence-corrected chi connectivity index (χ1v) is 3.84. The zero-order valence-electron chi connectivity index (χ0n) is 7.52. The summed E-state index contributed by atoms with van der Waals surface area (Å²) in [7, 11) is 0. The maximum atomic E-state index is 13.2. The molecule has 0 atom stereocenters. The molecule has 1 N–H and O–H groups in total. The molecule has 1 aromatic carbocycles. The van der Waals surface area contributed by atoms with Gasteiger partial charge in [-0.3, -0.25) is 0 Å². The molecule has 1 aromatic rings. The lowest BCUT2D eigenvalue weighted by molar-refractivity contribution is -0.138. The van der Waals surface area contributed by atoms with E-state index in [-0.39, 0.29) is 0 Å². The van der Waals surface area contributed by atoms with Crippen LogP contribution in [0.1, 0.15) is 21.5 Å². The van der Waals surface area contributed by atoms with Gasteiger partial charge >= 0.3 is 12.1 Å². The molecule has 0 saturated carbocycles. The van der Waals surface area contributed by atoms with Crippen LogP contribution in [0.3, 0.4) is 0 Å². The van der Waals surface area contributed by atoms with E-state index in [0.717, 1.165) is 6.92 Å². The zero-order chi connectivity index (χ0) is 11.8. The number of hydrogen-bond acceptors (Lipinski definition) is 1. The van der Waals surface area contributed by atoms with Crippen molar-refractivity contribution in [3.05, 3.63) is 34.6 Å². The predicted molar refractivity (Wildman–Crippen MR) is 43.1 cm³/mol. The summed E-state index contributed by atoms with van der Waals surface area (Å²) < 4.78 is 49.9. The molecular formula is C9H6F4O2. The van der Waals surface area contributed by atoms with Crippen LogP contribution in [0.4, 0.5) is 17.6 Å². The second kappa shape index (κ2) is 3.52. The average Bonchev–Trinajstić information content (AvgIpc) is 2.06. The number of hydrogen-bond donors (Lipinski definition) is 1. The number of rotatable bonds is 1. The molecule has 0 spiro atoms. The van der Waals surface area contributed by atoms with Crippen LogP contribution in [0.15, 0.2) is 12.1 Å². The molecule has 0 bridgehead atoms. The highest BCUT2D eigenvalue weighted by atomic mass is 19.4. The summed E-state index contributed by atoms with van der Waals surface area (Å²) in [4.78, 5) is 10.4. The summed E-state index contributed by atoms with van der Waals surface area (Å²) in [5.41, 5.74) is -2.63. The van der Waals surface area contributed by atoms with Gasteiger partial charge < -0.3 is 5.11 Å². The normalized spacial score (nSPS) is 11.5. The van der Waals surface area contributed by atoms with Crippen LogP contribution in [-0.2, 0) is 6.18 Å². The Morgan fingerprint density at radius 1 is 1.33 bits per heavy atom. The van der Waals surface area contributed by atoms with Gasteiger partial charge in [-0.05, 0) is 24.6 Å². The molecule has 0 aliphatic rings. The fraction of sp³-hybridized carbons (Fsp3) is 0.222. The second-order valence-corrected chi connectivity index (χ2v) is 2.90. The molecular weight excluding hydrogens is 216 g/mol. The molecule has 0 aliphatic heterocycles. The number of halogens is 4. The van der Waals surface area contributed by atoms with Crippen molar-refractivity contribution in [3.8, 4) is 0 Å². The minimum Gasteiger partial charge on any atom is -0.478 e. The Morgan fingerprint density at radius 2 is 1.87 bits per heavy atom. The summed E-state index contributed by atoms with van der Waals surface area (Å²) in [5, 5.41) is 8.46. The van der Waals surface area contributed by atoms with Crippen LogP contribution in [0.5, 0.6) is 0 Å². The Hall–Kier alpha value is -1.59. The van der Waals surface area contributed by atoms with Gasteiger partial charge in [-0.1, -0.05) is 0 Å². The van der Waals surface area contributed by atoms with Gasteiger partial charge in [0.05, 0.1) is 11.1 Å². The number of alkyl halides is 3. The first-order chi connectivity index (χ1) is 6.75. The first-order valence-electron chi connectivity index (χ1n) is 3.84. The Kier molecular flexibility index (Phi) is 2.70. The van der Waals surface area contributed by atoms with E-state index in [2.05, 4.69) is 0 Å². The van der Waals surface area contributed by atoms with E-state index >= 15 is 0 Å². The third-order valence-corrected chi connectivity index (χ3v) is 1.92. The average molecular weight is 222 g/mol. The third kappa shape index (κ3) is 2.08. The summed E-state index contributed by atoms with van der Waals surface area (Å²) >= 11 is 0. The highest BCUT2D eigenvalue weighted by Crippen LogP contribution is 2.33. The Bertz CT molecular complexity index is 409. The minimum atomic E-state index is -4.68. The van der Waals surface area contributed by atoms with Gasteiger partial charge in [0.15, 0.2) is 0 Å². The van der Waals surface area contributed by atoms with E-state index in [0.29, 0.717) is 12.1 Å². The summed E-state index contributed by atoms with van der Waals surface area (Å²) in [6.07, 6.45) is -4.68. The SMILES string of the molecule is Cc1c(C(F)(F)F)ccc(C(=O)O)c1F. The van der Waals surface area contributed by atoms with Crippen LogP contribution in [0, 0.1) is 12.7 Å². The lowest BCUT2D eigenvalue weighted by Gasteiger charge is -2.11. The molecule has 82 valence electrons. The third-order valence-electron chi connectivity index (χ3n) is 1.92. The molecule has 0 amide bonds. The standard InChI is InChI=1S/C9H6F4O2/c1-4-6(9(11,12)13)3-2-5(7(4)10)8(14)15/h2-3H,1H3,(H,14,15). The van der Waals surface area contributed by atoms with Crippen molar-refractivity contribution in [2.24, 2.45) is 0 Å². The van der Waals surface area contributed by atoms with Gasteiger partial charge in [-0.2, -0.15) is 13.2 Å². The zero-order valence-corrected chi connectivity index (χ0v) is 7.52. The van der Waals surface area contributed by atoms with Crippen LogP contribution < -0.4 is 0 Å². The molecule has 0 heterocycles. The van der Waals surface area contributed by atoms with Gasteiger partial charge in [0, 0.05) is 0 Å². The Balaban J connectivity index is 3.41. The van der Waals surface area contributed by atoms with E-state index < -0.39 is 34.7 Å². The van der Waals surface area contributed by atoms with E-state index in [1.807, 2.05) is 0 Å². The summed E-state index contributed by atoms with van der Waals surface area (Å²) in [5.74, 6) is -2.94. The topological polar surface area (TPSA) is 37.3 Å². The quantitative estimate of drug-likeness (QED) is 0.742. The van der Waals surface area contributed by atoms with Gasteiger partial charge in [-0.15, -0.1) is 0 Å². The fourth-order valence-electron chi connectivity index (χ4n) is 1.16. The maximum absolute atomic E-state index is 13.2.